The van der Waals surface area contributed by atoms with E-state index in [-0.39, 0.29) is 24.5 Å². The molecule has 0 aliphatic carbocycles. The number of methoxy groups -OCH3 is 1. The van der Waals surface area contributed by atoms with Crippen LogP contribution in [0.5, 0.6) is 5.75 Å². The Morgan fingerprint density at radius 2 is 2.07 bits per heavy atom. The summed E-state index contributed by atoms with van der Waals surface area (Å²) in [5.41, 5.74) is 1.00. The van der Waals surface area contributed by atoms with Gasteiger partial charge >= 0.3 is 5.97 Å². The smallest absolute Gasteiger partial charge is 0.317 e. The molecule has 0 bridgehead atoms. The van der Waals surface area contributed by atoms with E-state index in [1.165, 1.54) is 0 Å². The minimum Gasteiger partial charge on any atom is -0.497 e. The molecule has 1 aliphatic heterocycles. The van der Waals surface area contributed by atoms with Gasteiger partial charge in [0.2, 0.25) is 5.91 Å². The Morgan fingerprint density at radius 1 is 1.37 bits per heavy atom. The molecule has 0 radical (unpaired) electrons. The molecule has 1 atom stereocenters. The van der Waals surface area contributed by atoms with Crippen LogP contribution in [0.4, 0.5) is 0 Å². The van der Waals surface area contributed by atoms with Gasteiger partial charge in [0, 0.05) is 25.7 Å². The lowest BCUT2D eigenvalue weighted by Gasteiger charge is -2.39. The van der Waals surface area contributed by atoms with Crippen molar-refractivity contribution in [3.05, 3.63) is 29.8 Å². The molecule has 0 spiro atoms. The van der Waals surface area contributed by atoms with Crippen LogP contribution in [0.3, 0.4) is 0 Å². The Bertz CT molecular complexity index is 629. The Morgan fingerprint density at radius 3 is 2.67 bits per heavy atom. The summed E-state index contributed by atoms with van der Waals surface area (Å²) in [4.78, 5) is 27.7. The number of carbonyl (C=O) groups excluding carboxylic acids is 1. The van der Waals surface area contributed by atoms with Gasteiger partial charge in [0.15, 0.2) is 0 Å². The number of carbonyl (C=O) groups is 2. The standard InChI is InChI=1S/C20H31N3O4/c1-4-22(14-19(24)25)17-8-10-23(11-9-17)15(2)20(26)21-13-16-6-5-7-18(12-16)27-3/h5-7,12,15,17H,4,8-11,13-14H2,1-3H3,(H,21,26)(H,24,25). The first kappa shape index (κ1) is 21.2. The zero-order chi connectivity index (χ0) is 19.8. The molecule has 0 saturated carbocycles. The summed E-state index contributed by atoms with van der Waals surface area (Å²) in [6.45, 7) is 6.80. The van der Waals surface area contributed by atoms with Crippen molar-refractivity contribution < 1.29 is 19.4 Å². The number of carboxylic acids is 1. The highest BCUT2D eigenvalue weighted by Gasteiger charge is 2.29. The number of amides is 1. The predicted octanol–water partition coefficient (Wildman–Crippen LogP) is 1.57. The van der Waals surface area contributed by atoms with Gasteiger partial charge in [0.25, 0.3) is 0 Å². The van der Waals surface area contributed by atoms with Crippen LogP contribution < -0.4 is 10.1 Å². The minimum absolute atomic E-state index is 0.00848. The number of ether oxygens (including phenoxy) is 1. The summed E-state index contributed by atoms with van der Waals surface area (Å²) in [6.07, 6.45) is 1.77. The SMILES string of the molecule is CCN(CC(=O)O)C1CCN(C(C)C(=O)NCc2cccc(OC)c2)CC1. The first-order valence-electron chi connectivity index (χ1n) is 9.55. The second-order valence-electron chi connectivity index (χ2n) is 6.97. The van der Waals surface area contributed by atoms with Crippen LogP contribution in [0.15, 0.2) is 24.3 Å². The Kier molecular flexibility index (Phi) is 8.06. The van der Waals surface area contributed by atoms with E-state index in [0.29, 0.717) is 6.54 Å². The van der Waals surface area contributed by atoms with Gasteiger partial charge in [-0.2, -0.15) is 0 Å². The number of nitrogens with one attached hydrogen (secondary N) is 1. The number of benzene rings is 1. The number of carboxylic acid groups (broad SMARTS) is 1. The summed E-state index contributed by atoms with van der Waals surface area (Å²) in [7, 11) is 1.62. The van der Waals surface area contributed by atoms with Crippen LogP contribution >= 0.6 is 0 Å². The number of likely N-dealkylation sites (N-methyl/N-ethyl adjacent to an activating group) is 1. The van der Waals surface area contributed by atoms with Crippen LogP contribution in [0, 0.1) is 0 Å². The predicted molar refractivity (Wildman–Crippen MR) is 104 cm³/mol. The van der Waals surface area contributed by atoms with Crippen molar-refractivity contribution in [2.24, 2.45) is 0 Å². The van der Waals surface area contributed by atoms with Gasteiger partial charge < -0.3 is 15.2 Å². The van der Waals surface area contributed by atoms with E-state index >= 15 is 0 Å². The molecule has 2 rings (SSSR count). The molecule has 1 unspecified atom stereocenters. The van der Waals surface area contributed by atoms with Crippen molar-refractivity contribution in [2.45, 2.75) is 45.3 Å². The molecule has 7 nitrogen and oxygen atoms in total. The minimum atomic E-state index is -0.787. The molecule has 1 aliphatic rings. The van der Waals surface area contributed by atoms with Crippen LogP contribution in [-0.2, 0) is 16.1 Å². The summed E-state index contributed by atoms with van der Waals surface area (Å²) in [5, 5.41) is 12.0. The second kappa shape index (κ2) is 10.3. The maximum atomic E-state index is 12.5. The van der Waals surface area contributed by atoms with Crippen LogP contribution in [0.1, 0.15) is 32.3 Å². The van der Waals surface area contributed by atoms with E-state index in [0.717, 1.165) is 43.8 Å². The average molecular weight is 377 g/mol. The number of aliphatic carboxylic acids is 1. The molecular formula is C20H31N3O4. The van der Waals surface area contributed by atoms with E-state index in [9.17, 15) is 9.59 Å². The van der Waals surface area contributed by atoms with Gasteiger partial charge in [-0.25, -0.2) is 0 Å². The van der Waals surface area contributed by atoms with Gasteiger partial charge in [-0.3, -0.25) is 19.4 Å². The monoisotopic (exact) mass is 377 g/mol. The highest BCUT2D eigenvalue weighted by atomic mass is 16.5. The van der Waals surface area contributed by atoms with Crippen LogP contribution in [-0.4, -0.2) is 72.2 Å². The van der Waals surface area contributed by atoms with E-state index in [4.69, 9.17) is 9.84 Å². The van der Waals surface area contributed by atoms with Crippen molar-refractivity contribution in [1.82, 2.24) is 15.1 Å². The van der Waals surface area contributed by atoms with E-state index in [1.54, 1.807) is 7.11 Å². The van der Waals surface area contributed by atoms with Crippen molar-refractivity contribution in [3.8, 4) is 5.75 Å². The lowest BCUT2D eigenvalue weighted by molar-refractivity contribution is -0.139. The van der Waals surface area contributed by atoms with E-state index in [2.05, 4.69) is 10.2 Å². The second-order valence-corrected chi connectivity index (χ2v) is 6.97. The van der Waals surface area contributed by atoms with Crippen molar-refractivity contribution in [3.63, 3.8) is 0 Å². The number of piperidine rings is 1. The molecule has 0 aromatic heterocycles. The highest BCUT2D eigenvalue weighted by Crippen LogP contribution is 2.18. The normalized spacial score (nSPS) is 16.9. The maximum absolute atomic E-state index is 12.5. The van der Waals surface area contributed by atoms with Gasteiger partial charge in [-0.15, -0.1) is 0 Å². The van der Waals surface area contributed by atoms with E-state index in [1.807, 2.05) is 43.0 Å². The zero-order valence-corrected chi connectivity index (χ0v) is 16.5. The topological polar surface area (TPSA) is 82.1 Å². The summed E-state index contributed by atoms with van der Waals surface area (Å²) >= 11 is 0. The molecular weight excluding hydrogens is 346 g/mol. The van der Waals surface area contributed by atoms with Crippen LogP contribution in [0.2, 0.25) is 0 Å². The zero-order valence-electron chi connectivity index (χ0n) is 16.5. The van der Waals surface area contributed by atoms with Crippen molar-refractivity contribution >= 4 is 11.9 Å². The molecule has 1 amide bonds. The fraction of sp³-hybridized carbons (Fsp3) is 0.600. The number of rotatable bonds is 9. The average Bonchev–Trinajstić information content (AvgIpc) is 2.69. The van der Waals surface area contributed by atoms with Gasteiger partial charge in [0.05, 0.1) is 19.7 Å². The molecule has 1 aromatic rings. The molecule has 2 N–H and O–H groups in total. The molecule has 1 saturated heterocycles. The Labute approximate surface area is 161 Å². The van der Waals surface area contributed by atoms with Gasteiger partial charge in [-0.05, 0) is 44.0 Å². The highest BCUT2D eigenvalue weighted by molar-refractivity contribution is 5.81. The number of likely N-dealkylation sites (tertiary alicyclic amines) is 1. The van der Waals surface area contributed by atoms with Crippen LogP contribution in [0.25, 0.3) is 0 Å². The Hall–Kier alpha value is -2.12. The third-order valence-corrected chi connectivity index (χ3v) is 5.29. The molecule has 27 heavy (non-hydrogen) atoms. The lowest BCUT2D eigenvalue weighted by Crippen LogP contribution is -2.52. The van der Waals surface area contributed by atoms with Gasteiger partial charge in [-0.1, -0.05) is 19.1 Å². The third-order valence-electron chi connectivity index (χ3n) is 5.29. The Balaban J connectivity index is 1.81. The number of hydrogen-bond acceptors (Lipinski definition) is 5. The first-order chi connectivity index (χ1) is 12.9. The molecule has 1 aromatic carbocycles. The first-order valence-corrected chi connectivity index (χ1v) is 9.55. The number of hydrogen-bond donors (Lipinski definition) is 2. The fourth-order valence-electron chi connectivity index (χ4n) is 3.60. The summed E-state index contributed by atoms with van der Waals surface area (Å²) in [5.74, 6) is -0.00238. The largest absolute Gasteiger partial charge is 0.497 e. The third kappa shape index (κ3) is 6.22. The number of nitrogens with zero attached hydrogens (tertiary/aromatic N) is 2. The maximum Gasteiger partial charge on any atom is 0.317 e. The lowest BCUT2D eigenvalue weighted by atomic mass is 10.0. The summed E-state index contributed by atoms with van der Waals surface area (Å²) < 4.78 is 5.21. The van der Waals surface area contributed by atoms with E-state index < -0.39 is 5.97 Å². The molecule has 1 fully saturated rings. The summed E-state index contributed by atoms with van der Waals surface area (Å²) in [6, 6.07) is 7.73. The van der Waals surface area contributed by atoms with Gasteiger partial charge in [0.1, 0.15) is 5.75 Å². The fourth-order valence-corrected chi connectivity index (χ4v) is 3.60. The van der Waals surface area contributed by atoms with Crippen molar-refractivity contribution in [2.75, 3.05) is 33.3 Å². The van der Waals surface area contributed by atoms with Crippen molar-refractivity contribution in [1.29, 1.82) is 0 Å². The molecule has 1 heterocycles. The quantitative estimate of drug-likeness (QED) is 0.680. The molecule has 7 heteroatoms. The molecule has 150 valence electrons.